The summed E-state index contributed by atoms with van der Waals surface area (Å²) in [4.78, 5) is 18.9. The monoisotopic (exact) mass is 340 g/mol. The molecule has 0 fully saturated rings. The maximum Gasteiger partial charge on any atom is 0.253 e. The average Bonchev–Trinajstić information content (AvgIpc) is 3.18. The lowest BCUT2D eigenvalue weighted by molar-refractivity contribution is 0.0785. The molecule has 3 aromatic rings. The van der Waals surface area contributed by atoms with Crippen LogP contribution in [-0.2, 0) is 13.1 Å². The Balaban J connectivity index is 1.50. The van der Waals surface area contributed by atoms with E-state index in [1.807, 2.05) is 61.8 Å². The largest absolute Gasteiger partial charge is 0.337 e. The van der Waals surface area contributed by atoms with Crippen LogP contribution < -0.4 is 0 Å². The van der Waals surface area contributed by atoms with Gasteiger partial charge >= 0.3 is 0 Å². The van der Waals surface area contributed by atoms with Gasteiger partial charge in [0.2, 0.25) is 0 Å². The van der Waals surface area contributed by atoms with Crippen LogP contribution in [0.4, 0.5) is 0 Å². The molecule has 0 aromatic heterocycles. The van der Waals surface area contributed by atoms with E-state index in [1.165, 1.54) is 5.56 Å². The first kappa shape index (κ1) is 16.3. The first-order valence-electron chi connectivity index (χ1n) is 8.74. The molecule has 0 N–H and O–H groups in total. The third-order valence-electron chi connectivity index (χ3n) is 4.78. The number of carbonyl (C=O) groups is 1. The third kappa shape index (κ3) is 3.16. The minimum absolute atomic E-state index is 0.0288. The number of fused-ring (bicyclic) bond motifs is 1. The maximum atomic E-state index is 12.8. The van der Waals surface area contributed by atoms with Crippen molar-refractivity contribution in [1.82, 2.24) is 4.90 Å². The highest BCUT2D eigenvalue weighted by molar-refractivity contribution is 5.94. The molecular formula is C23H20N2O. The lowest BCUT2D eigenvalue weighted by Gasteiger charge is -2.19. The topological polar surface area (TPSA) is 32.7 Å². The van der Waals surface area contributed by atoms with E-state index in [0.717, 1.165) is 22.3 Å². The number of benzene rings is 3. The average molecular weight is 340 g/mol. The Hall–Kier alpha value is -3.20. The number of amides is 1. The smallest absolute Gasteiger partial charge is 0.253 e. The minimum Gasteiger partial charge on any atom is -0.337 e. The lowest BCUT2D eigenvalue weighted by atomic mass is 10.0. The predicted molar refractivity (Wildman–Crippen MR) is 105 cm³/mol. The van der Waals surface area contributed by atoms with Crippen molar-refractivity contribution in [1.29, 1.82) is 0 Å². The molecule has 3 heteroatoms. The Morgan fingerprint density at radius 3 is 2.42 bits per heavy atom. The summed E-state index contributed by atoms with van der Waals surface area (Å²) < 4.78 is 0. The van der Waals surface area contributed by atoms with Crippen LogP contribution >= 0.6 is 0 Å². The lowest BCUT2D eigenvalue weighted by Crippen LogP contribution is -2.26. The molecule has 0 unspecified atom stereocenters. The summed E-state index contributed by atoms with van der Waals surface area (Å²) in [5, 5.41) is 0. The second kappa shape index (κ2) is 6.96. The van der Waals surface area contributed by atoms with E-state index in [0.29, 0.717) is 18.7 Å². The van der Waals surface area contributed by atoms with E-state index in [-0.39, 0.29) is 5.91 Å². The van der Waals surface area contributed by atoms with Crippen molar-refractivity contribution in [2.45, 2.75) is 13.1 Å². The molecule has 0 bridgehead atoms. The van der Waals surface area contributed by atoms with Gasteiger partial charge in [-0.3, -0.25) is 9.79 Å². The fraction of sp³-hybridized carbons (Fsp3) is 0.130. The normalized spacial score (nSPS) is 12.0. The van der Waals surface area contributed by atoms with Gasteiger partial charge in [-0.1, -0.05) is 60.7 Å². The van der Waals surface area contributed by atoms with Crippen molar-refractivity contribution in [3.05, 3.63) is 95.1 Å². The molecule has 0 atom stereocenters. The third-order valence-corrected chi connectivity index (χ3v) is 4.78. The zero-order valence-electron chi connectivity index (χ0n) is 14.7. The van der Waals surface area contributed by atoms with Gasteiger partial charge in [0.15, 0.2) is 0 Å². The van der Waals surface area contributed by atoms with Crippen LogP contribution in [0, 0.1) is 0 Å². The Morgan fingerprint density at radius 1 is 0.923 bits per heavy atom. The Kier molecular flexibility index (Phi) is 4.36. The molecule has 0 saturated carbocycles. The van der Waals surface area contributed by atoms with Crippen LogP contribution in [0.3, 0.4) is 0 Å². The first-order valence-corrected chi connectivity index (χ1v) is 8.74. The predicted octanol–water partition coefficient (Wildman–Crippen LogP) is 4.56. The van der Waals surface area contributed by atoms with Gasteiger partial charge in [0, 0.05) is 25.4 Å². The summed E-state index contributed by atoms with van der Waals surface area (Å²) in [6.45, 7) is 1.30. The molecule has 3 aromatic carbocycles. The minimum atomic E-state index is 0.0288. The zero-order chi connectivity index (χ0) is 17.9. The molecule has 26 heavy (non-hydrogen) atoms. The molecule has 128 valence electrons. The van der Waals surface area contributed by atoms with Crippen LogP contribution in [-0.4, -0.2) is 24.1 Å². The van der Waals surface area contributed by atoms with Crippen LogP contribution in [0.2, 0.25) is 0 Å². The standard InChI is InChI=1S/C23H20N2O/c1-25(16-21-9-5-8-20-14-24-15-22(20)21)23(26)19-12-10-18(11-13-19)17-6-3-2-4-7-17/h2-14H,15-16H2,1H3. The molecule has 0 spiro atoms. The molecule has 0 saturated heterocycles. The molecule has 3 nitrogen and oxygen atoms in total. The molecule has 0 radical (unpaired) electrons. The van der Waals surface area contributed by atoms with Crippen molar-refractivity contribution in [3.63, 3.8) is 0 Å². The fourth-order valence-electron chi connectivity index (χ4n) is 3.34. The van der Waals surface area contributed by atoms with Crippen molar-refractivity contribution in [3.8, 4) is 11.1 Å². The molecule has 1 aliphatic rings. The highest BCUT2D eigenvalue weighted by atomic mass is 16.2. The van der Waals surface area contributed by atoms with Gasteiger partial charge in [-0.25, -0.2) is 0 Å². The van der Waals surface area contributed by atoms with Gasteiger partial charge in [0.25, 0.3) is 5.91 Å². The molecule has 0 aliphatic carbocycles. The zero-order valence-corrected chi connectivity index (χ0v) is 14.7. The second-order valence-electron chi connectivity index (χ2n) is 6.56. The van der Waals surface area contributed by atoms with Crippen LogP contribution in [0.1, 0.15) is 27.0 Å². The van der Waals surface area contributed by atoms with Crippen LogP contribution in [0.15, 0.2) is 77.8 Å². The van der Waals surface area contributed by atoms with Gasteiger partial charge in [-0.15, -0.1) is 0 Å². The van der Waals surface area contributed by atoms with E-state index in [9.17, 15) is 4.79 Å². The number of rotatable bonds is 4. The van der Waals surface area contributed by atoms with Gasteiger partial charge in [-0.05, 0) is 39.9 Å². The highest BCUT2D eigenvalue weighted by Gasteiger charge is 2.16. The summed E-state index contributed by atoms with van der Waals surface area (Å²) in [6.07, 6.45) is 1.91. The quantitative estimate of drug-likeness (QED) is 0.685. The number of hydrogen-bond donors (Lipinski definition) is 0. The highest BCUT2D eigenvalue weighted by Crippen LogP contribution is 2.22. The van der Waals surface area contributed by atoms with Gasteiger partial charge < -0.3 is 4.90 Å². The first-order chi connectivity index (χ1) is 12.7. The Labute approximate surface area is 153 Å². The summed E-state index contributed by atoms with van der Waals surface area (Å²) in [6, 6.07) is 24.2. The van der Waals surface area contributed by atoms with E-state index in [2.05, 4.69) is 29.3 Å². The molecule has 1 aliphatic heterocycles. The Morgan fingerprint density at radius 2 is 1.65 bits per heavy atom. The van der Waals surface area contributed by atoms with Gasteiger partial charge in [0.05, 0.1) is 6.54 Å². The molecule has 1 heterocycles. The summed E-state index contributed by atoms with van der Waals surface area (Å²) >= 11 is 0. The number of nitrogens with zero attached hydrogens (tertiary/aromatic N) is 2. The van der Waals surface area contributed by atoms with Crippen molar-refractivity contribution in [2.24, 2.45) is 4.99 Å². The second-order valence-corrected chi connectivity index (χ2v) is 6.56. The van der Waals surface area contributed by atoms with Crippen LogP contribution in [0.25, 0.3) is 11.1 Å². The molecule has 1 amide bonds. The van der Waals surface area contributed by atoms with Crippen molar-refractivity contribution in [2.75, 3.05) is 7.05 Å². The summed E-state index contributed by atoms with van der Waals surface area (Å²) in [5.74, 6) is 0.0288. The Bertz CT molecular complexity index is 959. The SMILES string of the molecule is CN(Cc1cccc2c1CN=C2)C(=O)c1ccc(-c2ccccc2)cc1. The fourth-order valence-corrected chi connectivity index (χ4v) is 3.34. The molecule has 4 rings (SSSR count). The molecular weight excluding hydrogens is 320 g/mol. The van der Waals surface area contributed by atoms with Gasteiger partial charge in [0.1, 0.15) is 0 Å². The van der Waals surface area contributed by atoms with Crippen LogP contribution in [0.5, 0.6) is 0 Å². The number of hydrogen-bond acceptors (Lipinski definition) is 2. The summed E-state index contributed by atoms with van der Waals surface area (Å²) in [5.41, 5.74) is 6.53. The number of carbonyl (C=O) groups excluding carboxylic acids is 1. The van der Waals surface area contributed by atoms with Gasteiger partial charge in [-0.2, -0.15) is 0 Å². The number of aliphatic imine (C=N–C) groups is 1. The van der Waals surface area contributed by atoms with E-state index in [1.54, 1.807) is 4.90 Å². The van der Waals surface area contributed by atoms with Crippen molar-refractivity contribution < 1.29 is 4.79 Å². The van der Waals surface area contributed by atoms with E-state index in [4.69, 9.17) is 0 Å². The van der Waals surface area contributed by atoms with E-state index < -0.39 is 0 Å². The van der Waals surface area contributed by atoms with Crippen molar-refractivity contribution >= 4 is 12.1 Å². The maximum absolute atomic E-state index is 12.8. The van der Waals surface area contributed by atoms with E-state index >= 15 is 0 Å². The summed E-state index contributed by atoms with van der Waals surface area (Å²) in [7, 11) is 1.85.